The Balaban J connectivity index is 1.95. The third-order valence-electron chi connectivity index (χ3n) is 3.81. The molecular formula is C16H20O3. The molecule has 0 heterocycles. The number of ketones is 1. The van der Waals surface area contributed by atoms with E-state index in [0.717, 1.165) is 12.8 Å². The van der Waals surface area contributed by atoms with Gasteiger partial charge in [-0.3, -0.25) is 9.59 Å². The molecule has 1 aliphatic rings. The van der Waals surface area contributed by atoms with Crippen molar-refractivity contribution >= 4 is 11.8 Å². The third kappa shape index (κ3) is 2.86. The molecule has 3 heteroatoms. The molecule has 0 bridgehead atoms. The fourth-order valence-electron chi connectivity index (χ4n) is 2.25. The molecule has 0 aliphatic heterocycles. The van der Waals surface area contributed by atoms with Crippen molar-refractivity contribution in [2.75, 3.05) is 6.61 Å². The zero-order valence-electron chi connectivity index (χ0n) is 11.5. The van der Waals surface area contributed by atoms with Crippen molar-refractivity contribution in [2.24, 2.45) is 11.3 Å². The van der Waals surface area contributed by atoms with E-state index in [1.165, 1.54) is 0 Å². The van der Waals surface area contributed by atoms with Gasteiger partial charge >= 0.3 is 5.97 Å². The van der Waals surface area contributed by atoms with Crippen molar-refractivity contribution in [3.63, 3.8) is 0 Å². The summed E-state index contributed by atoms with van der Waals surface area (Å²) < 4.78 is 5.23. The van der Waals surface area contributed by atoms with Gasteiger partial charge in [0.1, 0.15) is 0 Å². The van der Waals surface area contributed by atoms with Crippen molar-refractivity contribution in [1.29, 1.82) is 0 Å². The zero-order chi connectivity index (χ0) is 13.9. The van der Waals surface area contributed by atoms with Crippen LogP contribution < -0.4 is 0 Å². The summed E-state index contributed by atoms with van der Waals surface area (Å²) in [6, 6.07) is 9.15. The van der Waals surface area contributed by atoms with E-state index in [1.54, 1.807) is 12.1 Å². The summed E-state index contributed by atoms with van der Waals surface area (Å²) in [6.45, 7) is 4.33. The summed E-state index contributed by atoms with van der Waals surface area (Å²) in [5.74, 6) is -0.394. The van der Waals surface area contributed by atoms with Crippen molar-refractivity contribution in [3.8, 4) is 0 Å². The first-order chi connectivity index (χ1) is 9.09. The largest absolute Gasteiger partial charge is 0.465 e. The van der Waals surface area contributed by atoms with Gasteiger partial charge in [-0.2, -0.15) is 0 Å². The SMILES string of the molecule is CCCCOC(=O)[C@@]1(C)C[C@@H]1C(=O)c1ccccc1. The molecule has 3 nitrogen and oxygen atoms in total. The second-order valence-corrected chi connectivity index (χ2v) is 5.39. The summed E-state index contributed by atoms with van der Waals surface area (Å²) in [5, 5.41) is 0. The number of benzene rings is 1. The summed E-state index contributed by atoms with van der Waals surface area (Å²) in [7, 11) is 0. The van der Waals surface area contributed by atoms with Gasteiger partial charge in [-0.05, 0) is 19.8 Å². The minimum absolute atomic E-state index is 0.0514. The van der Waals surface area contributed by atoms with Gasteiger partial charge in [0.15, 0.2) is 5.78 Å². The van der Waals surface area contributed by atoms with Crippen LogP contribution in [0.1, 0.15) is 43.5 Å². The van der Waals surface area contributed by atoms with Crippen LogP contribution in [0.15, 0.2) is 30.3 Å². The molecule has 1 saturated carbocycles. The van der Waals surface area contributed by atoms with E-state index in [4.69, 9.17) is 4.74 Å². The molecule has 0 N–H and O–H groups in total. The Hall–Kier alpha value is -1.64. The van der Waals surface area contributed by atoms with Gasteiger partial charge < -0.3 is 4.74 Å². The van der Waals surface area contributed by atoms with Gasteiger partial charge in [-0.1, -0.05) is 43.7 Å². The van der Waals surface area contributed by atoms with Crippen LogP contribution in [0.25, 0.3) is 0 Å². The van der Waals surface area contributed by atoms with E-state index >= 15 is 0 Å². The maximum atomic E-state index is 12.2. The highest BCUT2D eigenvalue weighted by Crippen LogP contribution is 2.54. The summed E-state index contributed by atoms with van der Waals surface area (Å²) in [4.78, 5) is 24.2. The van der Waals surface area contributed by atoms with E-state index in [1.807, 2.05) is 25.1 Å². The van der Waals surface area contributed by atoms with E-state index in [-0.39, 0.29) is 17.7 Å². The van der Waals surface area contributed by atoms with Gasteiger partial charge in [0.25, 0.3) is 0 Å². The van der Waals surface area contributed by atoms with Crippen LogP contribution in [0.5, 0.6) is 0 Å². The molecule has 0 spiro atoms. The Morgan fingerprint density at radius 1 is 1.32 bits per heavy atom. The summed E-state index contributed by atoms with van der Waals surface area (Å²) >= 11 is 0. The van der Waals surface area contributed by atoms with Crippen molar-refractivity contribution < 1.29 is 14.3 Å². The van der Waals surface area contributed by atoms with Crippen LogP contribution in [0.4, 0.5) is 0 Å². The monoisotopic (exact) mass is 260 g/mol. The number of hydrogen-bond donors (Lipinski definition) is 0. The molecule has 2 rings (SSSR count). The minimum Gasteiger partial charge on any atom is -0.465 e. The van der Waals surface area contributed by atoms with Crippen molar-refractivity contribution in [2.45, 2.75) is 33.1 Å². The van der Waals surface area contributed by atoms with E-state index in [0.29, 0.717) is 18.6 Å². The molecule has 0 saturated heterocycles. The van der Waals surface area contributed by atoms with Gasteiger partial charge in [0.05, 0.1) is 12.0 Å². The average molecular weight is 260 g/mol. The van der Waals surface area contributed by atoms with Gasteiger partial charge in [0.2, 0.25) is 0 Å². The second kappa shape index (κ2) is 5.55. The molecule has 2 atom stereocenters. The van der Waals surface area contributed by atoms with E-state index in [2.05, 4.69) is 6.92 Å². The van der Waals surface area contributed by atoms with E-state index < -0.39 is 5.41 Å². The number of esters is 1. The Labute approximate surface area is 114 Å². The number of rotatable bonds is 6. The first-order valence-electron chi connectivity index (χ1n) is 6.86. The van der Waals surface area contributed by atoms with Crippen LogP contribution in [-0.4, -0.2) is 18.4 Å². The van der Waals surface area contributed by atoms with Crippen molar-refractivity contribution in [1.82, 2.24) is 0 Å². The molecule has 1 aromatic rings. The molecule has 1 aliphatic carbocycles. The molecule has 19 heavy (non-hydrogen) atoms. The van der Waals surface area contributed by atoms with Crippen molar-refractivity contribution in [3.05, 3.63) is 35.9 Å². The van der Waals surface area contributed by atoms with Crippen LogP contribution in [0.3, 0.4) is 0 Å². The Morgan fingerprint density at radius 2 is 2.00 bits per heavy atom. The maximum Gasteiger partial charge on any atom is 0.312 e. The van der Waals surface area contributed by atoms with E-state index in [9.17, 15) is 9.59 Å². The summed E-state index contributed by atoms with van der Waals surface area (Å²) in [6.07, 6.45) is 2.47. The van der Waals surface area contributed by atoms with Gasteiger partial charge in [0, 0.05) is 11.5 Å². The molecule has 102 valence electrons. The topological polar surface area (TPSA) is 43.4 Å². The first kappa shape index (κ1) is 13.8. The Morgan fingerprint density at radius 3 is 2.63 bits per heavy atom. The highest BCUT2D eigenvalue weighted by Gasteiger charge is 2.60. The molecule has 1 aromatic carbocycles. The highest BCUT2D eigenvalue weighted by atomic mass is 16.5. The van der Waals surface area contributed by atoms with Crippen LogP contribution in [0, 0.1) is 11.3 Å². The van der Waals surface area contributed by atoms with Crippen LogP contribution in [0.2, 0.25) is 0 Å². The molecule has 1 fully saturated rings. The number of Topliss-reactive ketones (excluding diaryl/α,β-unsaturated/α-hetero) is 1. The number of ether oxygens (including phenoxy) is 1. The van der Waals surface area contributed by atoms with Crippen LogP contribution >= 0.6 is 0 Å². The normalized spacial score (nSPS) is 24.8. The Kier molecular flexibility index (Phi) is 4.03. The molecular weight excluding hydrogens is 240 g/mol. The lowest BCUT2D eigenvalue weighted by Crippen LogP contribution is -2.21. The second-order valence-electron chi connectivity index (χ2n) is 5.39. The highest BCUT2D eigenvalue weighted by molar-refractivity contribution is 6.04. The van der Waals surface area contributed by atoms with Crippen LogP contribution in [-0.2, 0) is 9.53 Å². The predicted molar refractivity (Wildman–Crippen MR) is 72.9 cm³/mol. The lowest BCUT2D eigenvalue weighted by atomic mass is 10.00. The smallest absolute Gasteiger partial charge is 0.312 e. The first-order valence-corrected chi connectivity index (χ1v) is 6.86. The fraction of sp³-hybridized carbons (Fsp3) is 0.500. The molecule has 0 aromatic heterocycles. The fourth-order valence-corrected chi connectivity index (χ4v) is 2.25. The maximum absolute atomic E-state index is 12.2. The number of carbonyl (C=O) groups is 2. The zero-order valence-corrected chi connectivity index (χ0v) is 11.5. The third-order valence-corrected chi connectivity index (χ3v) is 3.81. The average Bonchev–Trinajstić information content (AvgIpc) is 3.13. The molecule has 0 unspecified atom stereocenters. The number of carbonyl (C=O) groups excluding carboxylic acids is 2. The minimum atomic E-state index is -0.610. The van der Waals surface area contributed by atoms with Gasteiger partial charge in [-0.25, -0.2) is 0 Å². The standard InChI is InChI=1S/C16H20O3/c1-3-4-10-19-15(18)16(2)11-13(16)14(17)12-8-6-5-7-9-12/h5-9,13H,3-4,10-11H2,1-2H3/t13-,16+/m1/s1. The summed E-state index contributed by atoms with van der Waals surface area (Å²) in [5.41, 5.74) is 0.0679. The Bertz CT molecular complexity index is 466. The quantitative estimate of drug-likeness (QED) is 0.448. The lowest BCUT2D eigenvalue weighted by molar-refractivity contribution is -0.150. The number of unbranched alkanes of at least 4 members (excludes halogenated alkanes) is 1. The van der Waals surface area contributed by atoms with Gasteiger partial charge in [-0.15, -0.1) is 0 Å². The molecule has 0 radical (unpaired) electrons. The number of hydrogen-bond acceptors (Lipinski definition) is 3. The lowest BCUT2D eigenvalue weighted by Gasteiger charge is -2.10. The predicted octanol–water partition coefficient (Wildman–Crippen LogP) is 3.24. The molecule has 0 amide bonds.